The van der Waals surface area contributed by atoms with Crippen molar-refractivity contribution < 1.29 is 4.79 Å². The molecule has 0 atom stereocenters. The molecule has 1 amide bonds. The molecule has 0 bridgehead atoms. The van der Waals surface area contributed by atoms with Gasteiger partial charge in [-0.05, 0) is 43.5 Å². The number of para-hydroxylation sites is 1. The third kappa shape index (κ3) is 2.01. The number of nitrogens with zero attached hydrogens (tertiary/aromatic N) is 1. The highest BCUT2D eigenvalue weighted by atomic mass is 16.2. The minimum Gasteiger partial charge on any atom is -0.320 e. The number of hydrogen-bond acceptors (Lipinski definition) is 2. The number of aryl methyl sites for hydroxylation is 3. The Morgan fingerprint density at radius 3 is 2.60 bits per heavy atom. The summed E-state index contributed by atoms with van der Waals surface area (Å²) in [7, 11) is 0. The van der Waals surface area contributed by atoms with Crippen LogP contribution in [0.3, 0.4) is 0 Å². The number of fused-ring (bicyclic) bond motifs is 1. The van der Waals surface area contributed by atoms with Crippen LogP contribution >= 0.6 is 0 Å². The van der Waals surface area contributed by atoms with Crippen molar-refractivity contribution in [2.75, 3.05) is 5.32 Å². The Bertz CT molecular complexity index is 745. The van der Waals surface area contributed by atoms with Crippen LogP contribution in [0.5, 0.6) is 0 Å². The van der Waals surface area contributed by atoms with Crippen molar-refractivity contribution in [1.29, 1.82) is 0 Å². The lowest BCUT2D eigenvalue weighted by Crippen LogP contribution is -2.14. The zero-order chi connectivity index (χ0) is 14.3. The number of carbonyl (C=O) groups is 1. The summed E-state index contributed by atoms with van der Waals surface area (Å²) in [6.45, 7) is 6.01. The molecule has 0 radical (unpaired) electrons. The van der Waals surface area contributed by atoms with Gasteiger partial charge >= 0.3 is 0 Å². The Balaban J connectivity index is 2.16. The van der Waals surface area contributed by atoms with E-state index in [0.29, 0.717) is 5.71 Å². The zero-order valence-corrected chi connectivity index (χ0v) is 11.8. The molecule has 0 fully saturated rings. The summed E-state index contributed by atoms with van der Waals surface area (Å²) < 4.78 is 0. The highest BCUT2D eigenvalue weighted by Crippen LogP contribution is 2.29. The Kier molecular flexibility index (Phi) is 2.90. The van der Waals surface area contributed by atoms with Gasteiger partial charge < -0.3 is 5.32 Å². The molecule has 0 spiro atoms. The minimum atomic E-state index is -0.129. The van der Waals surface area contributed by atoms with Crippen LogP contribution in [0.4, 0.5) is 11.4 Å². The molecule has 20 heavy (non-hydrogen) atoms. The van der Waals surface area contributed by atoms with Crippen molar-refractivity contribution in [3.63, 3.8) is 0 Å². The molecule has 0 aromatic heterocycles. The lowest BCUT2D eigenvalue weighted by molar-refractivity contribution is -0.110. The van der Waals surface area contributed by atoms with E-state index >= 15 is 0 Å². The van der Waals surface area contributed by atoms with Crippen LogP contribution in [0.1, 0.15) is 22.3 Å². The average Bonchev–Trinajstić information content (AvgIpc) is 2.73. The Hall–Kier alpha value is -2.42. The van der Waals surface area contributed by atoms with Crippen molar-refractivity contribution >= 4 is 23.0 Å². The summed E-state index contributed by atoms with van der Waals surface area (Å²) in [6, 6.07) is 11.9. The van der Waals surface area contributed by atoms with E-state index in [9.17, 15) is 4.79 Å². The fourth-order valence-corrected chi connectivity index (χ4v) is 2.40. The fourth-order valence-electron chi connectivity index (χ4n) is 2.40. The smallest absolute Gasteiger partial charge is 0.275 e. The summed E-state index contributed by atoms with van der Waals surface area (Å²) in [6.07, 6.45) is 0. The summed E-state index contributed by atoms with van der Waals surface area (Å²) in [5.74, 6) is -0.129. The van der Waals surface area contributed by atoms with Crippen molar-refractivity contribution in [3.05, 3.63) is 58.7 Å². The van der Waals surface area contributed by atoms with Gasteiger partial charge in [0, 0.05) is 5.56 Å². The van der Waals surface area contributed by atoms with E-state index in [1.165, 1.54) is 0 Å². The Morgan fingerprint density at radius 2 is 1.80 bits per heavy atom. The van der Waals surface area contributed by atoms with Crippen LogP contribution in [0.25, 0.3) is 0 Å². The molecule has 1 aliphatic rings. The quantitative estimate of drug-likeness (QED) is 0.838. The van der Waals surface area contributed by atoms with Crippen LogP contribution in [0.15, 0.2) is 41.4 Å². The van der Waals surface area contributed by atoms with E-state index in [-0.39, 0.29) is 5.91 Å². The van der Waals surface area contributed by atoms with Gasteiger partial charge in [-0.15, -0.1) is 0 Å². The lowest BCUT2D eigenvalue weighted by Gasteiger charge is -2.03. The van der Waals surface area contributed by atoms with E-state index in [2.05, 4.69) is 10.3 Å². The van der Waals surface area contributed by atoms with E-state index in [0.717, 1.165) is 33.6 Å². The van der Waals surface area contributed by atoms with Crippen molar-refractivity contribution in [2.45, 2.75) is 20.8 Å². The normalized spacial score (nSPS) is 15.3. The molecule has 0 aliphatic carbocycles. The second kappa shape index (κ2) is 4.60. The summed E-state index contributed by atoms with van der Waals surface area (Å²) >= 11 is 0. The Labute approximate surface area is 118 Å². The maximum absolute atomic E-state index is 12.1. The molecule has 2 aromatic rings. The molecule has 0 unspecified atom stereocenters. The maximum Gasteiger partial charge on any atom is 0.275 e. The molecular formula is C17H16N2O. The molecule has 0 saturated carbocycles. The first-order valence-electron chi connectivity index (χ1n) is 6.63. The van der Waals surface area contributed by atoms with Gasteiger partial charge in [0.1, 0.15) is 5.71 Å². The second-order valence-electron chi connectivity index (χ2n) is 5.20. The third-order valence-corrected chi connectivity index (χ3v) is 3.58. The first-order valence-corrected chi connectivity index (χ1v) is 6.63. The number of carbonyl (C=O) groups excluding carboxylic acids is 1. The number of hydrogen-bond donors (Lipinski definition) is 1. The molecule has 1 heterocycles. The number of nitrogens with one attached hydrogen (secondary N) is 1. The molecule has 1 N–H and O–H groups in total. The number of anilines is 1. The minimum absolute atomic E-state index is 0.129. The largest absolute Gasteiger partial charge is 0.320 e. The highest BCUT2D eigenvalue weighted by molar-refractivity contribution is 6.54. The standard InChI is InChI=1S/C17H16N2O/c1-10-7-8-11(2)14(9-10)18-16-13-6-4-5-12(3)15(13)19-17(16)20/h4-9H,1-3H3,(H,18,19,20). The predicted molar refractivity (Wildman–Crippen MR) is 81.9 cm³/mol. The Morgan fingerprint density at radius 1 is 1.00 bits per heavy atom. The molecule has 0 saturated heterocycles. The van der Waals surface area contributed by atoms with Crippen molar-refractivity contribution in [2.24, 2.45) is 4.99 Å². The number of benzene rings is 2. The van der Waals surface area contributed by atoms with Crippen molar-refractivity contribution in [1.82, 2.24) is 0 Å². The van der Waals surface area contributed by atoms with Gasteiger partial charge in [-0.1, -0.05) is 30.3 Å². The summed E-state index contributed by atoms with van der Waals surface area (Å²) in [5.41, 5.74) is 6.37. The first kappa shape index (κ1) is 12.6. The van der Waals surface area contributed by atoms with E-state index in [1.54, 1.807) is 0 Å². The average molecular weight is 264 g/mol. The van der Waals surface area contributed by atoms with Crippen LogP contribution in [-0.4, -0.2) is 11.6 Å². The molecule has 100 valence electrons. The number of rotatable bonds is 1. The van der Waals surface area contributed by atoms with Crippen LogP contribution in [0, 0.1) is 20.8 Å². The molecule has 3 nitrogen and oxygen atoms in total. The van der Waals surface area contributed by atoms with Gasteiger partial charge in [0.25, 0.3) is 5.91 Å². The SMILES string of the molecule is Cc1ccc(C)c(N=C2C(=O)Nc3c(C)cccc32)c1. The van der Waals surface area contributed by atoms with Crippen LogP contribution < -0.4 is 5.32 Å². The predicted octanol–water partition coefficient (Wildman–Crippen LogP) is 3.68. The van der Waals surface area contributed by atoms with E-state index in [4.69, 9.17) is 0 Å². The zero-order valence-electron chi connectivity index (χ0n) is 11.8. The van der Waals surface area contributed by atoms with Gasteiger partial charge in [-0.2, -0.15) is 0 Å². The highest BCUT2D eigenvalue weighted by Gasteiger charge is 2.27. The monoisotopic (exact) mass is 264 g/mol. The van der Waals surface area contributed by atoms with Crippen LogP contribution in [0.2, 0.25) is 0 Å². The van der Waals surface area contributed by atoms with Gasteiger partial charge in [0.05, 0.1) is 11.4 Å². The molecule has 1 aliphatic heterocycles. The van der Waals surface area contributed by atoms with E-state index in [1.807, 2.05) is 57.2 Å². The molecule has 3 rings (SSSR count). The summed E-state index contributed by atoms with van der Waals surface area (Å²) in [5, 5.41) is 2.90. The van der Waals surface area contributed by atoms with Gasteiger partial charge in [0.2, 0.25) is 0 Å². The first-order chi connectivity index (χ1) is 9.56. The van der Waals surface area contributed by atoms with Gasteiger partial charge in [0.15, 0.2) is 0 Å². The second-order valence-corrected chi connectivity index (χ2v) is 5.20. The lowest BCUT2D eigenvalue weighted by atomic mass is 10.1. The number of amides is 1. The molecular weight excluding hydrogens is 248 g/mol. The van der Waals surface area contributed by atoms with Crippen molar-refractivity contribution in [3.8, 4) is 0 Å². The number of aliphatic imine (C=N–C) groups is 1. The topological polar surface area (TPSA) is 41.5 Å². The van der Waals surface area contributed by atoms with Crippen LogP contribution in [-0.2, 0) is 4.79 Å². The third-order valence-electron chi connectivity index (χ3n) is 3.58. The molecule has 2 aromatic carbocycles. The fraction of sp³-hybridized carbons (Fsp3) is 0.176. The van der Waals surface area contributed by atoms with E-state index < -0.39 is 0 Å². The molecule has 3 heteroatoms. The maximum atomic E-state index is 12.1. The van der Waals surface area contributed by atoms with Gasteiger partial charge in [-0.25, -0.2) is 4.99 Å². The summed E-state index contributed by atoms with van der Waals surface area (Å²) in [4.78, 5) is 16.7. The van der Waals surface area contributed by atoms with Gasteiger partial charge in [-0.3, -0.25) is 4.79 Å².